The van der Waals surface area contributed by atoms with Gasteiger partial charge in [-0.2, -0.15) is 0 Å². The van der Waals surface area contributed by atoms with Gasteiger partial charge in [0.15, 0.2) is 17.6 Å². The lowest BCUT2D eigenvalue weighted by Gasteiger charge is -2.31. The summed E-state index contributed by atoms with van der Waals surface area (Å²) in [7, 11) is 1.56. The van der Waals surface area contributed by atoms with Crippen molar-refractivity contribution in [1.29, 1.82) is 0 Å². The highest BCUT2D eigenvalue weighted by Crippen LogP contribution is 2.43. The Bertz CT molecular complexity index is 400. The minimum Gasteiger partial charge on any atom is -0.477 e. The van der Waals surface area contributed by atoms with E-state index in [1.54, 1.807) is 19.2 Å². The van der Waals surface area contributed by atoms with E-state index >= 15 is 0 Å². The second-order valence-corrected chi connectivity index (χ2v) is 3.91. The molecule has 5 nitrogen and oxygen atoms in total. The largest absolute Gasteiger partial charge is 0.477 e. The highest BCUT2D eigenvalue weighted by Gasteiger charge is 2.32. The van der Waals surface area contributed by atoms with Crippen molar-refractivity contribution in [2.45, 2.75) is 11.7 Å². The maximum absolute atomic E-state index is 5.99. The van der Waals surface area contributed by atoms with Crippen molar-refractivity contribution in [2.75, 3.05) is 25.2 Å². The maximum Gasteiger partial charge on any atom is 0.211 e. The van der Waals surface area contributed by atoms with Crippen LogP contribution in [0.2, 0.25) is 0 Å². The van der Waals surface area contributed by atoms with Gasteiger partial charge in [0, 0.05) is 7.11 Å². The lowest BCUT2D eigenvalue weighted by Crippen LogP contribution is -2.39. The third-order valence-electron chi connectivity index (χ3n) is 2.30. The fourth-order valence-electron chi connectivity index (χ4n) is 1.50. The molecule has 1 aliphatic heterocycles. The molecule has 0 saturated carbocycles. The summed E-state index contributed by atoms with van der Waals surface area (Å²) in [5, 5.41) is 0. The Morgan fingerprint density at radius 3 is 2.38 bits per heavy atom. The van der Waals surface area contributed by atoms with E-state index in [9.17, 15) is 0 Å². The molecule has 0 aliphatic carbocycles. The molecule has 1 aromatic carbocycles. The zero-order chi connectivity index (χ0) is 11.7. The zero-order valence-electron chi connectivity index (χ0n) is 8.77. The number of ether oxygens (including phenoxy) is 3. The molecule has 2 rings (SSSR count). The van der Waals surface area contributed by atoms with E-state index < -0.39 is 11.7 Å². The van der Waals surface area contributed by atoms with Crippen molar-refractivity contribution in [3.63, 3.8) is 0 Å². The molecular weight excluding hydrogens is 232 g/mol. The Balaban J connectivity index is 2.34. The van der Waals surface area contributed by atoms with Gasteiger partial charge in [0.05, 0.1) is 18.0 Å². The summed E-state index contributed by atoms with van der Waals surface area (Å²) in [6, 6.07) is 3.31. The summed E-state index contributed by atoms with van der Waals surface area (Å²) in [5.41, 5.74) is 11.8. The zero-order valence-corrected chi connectivity index (χ0v) is 9.53. The molecule has 4 N–H and O–H groups in total. The minimum atomic E-state index is -0.642. The van der Waals surface area contributed by atoms with E-state index in [1.807, 2.05) is 0 Å². The molecule has 1 aliphatic rings. The van der Waals surface area contributed by atoms with E-state index in [0.29, 0.717) is 29.5 Å². The van der Waals surface area contributed by atoms with Crippen LogP contribution in [-0.4, -0.2) is 25.4 Å². The van der Waals surface area contributed by atoms with Gasteiger partial charge >= 0.3 is 0 Å². The van der Waals surface area contributed by atoms with Crippen LogP contribution in [0.3, 0.4) is 0 Å². The lowest BCUT2D eigenvalue weighted by atomic mass is 10.2. The second kappa shape index (κ2) is 4.27. The number of alkyl halides is 1. The van der Waals surface area contributed by atoms with Crippen molar-refractivity contribution < 1.29 is 14.2 Å². The van der Waals surface area contributed by atoms with Crippen LogP contribution in [0.15, 0.2) is 12.1 Å². The number of hydrogen-bond donors (Lipinski definition) is 2. The first-order chi connectivity index (χ1) is 7.63. The van der Waals surface area contributed by atoms with Gasteiger partial charge in [-0.05, 0) is 12.1 Å². The van der Waals surface area contributed by atoms with E-state index in [-0.39, 0.29) is 0 Å². The topological polar surface area (TPSA) is 79.7 Å². The minimum absolute atomic E-state index is 0.321. The highest BCUT2D eigenvalue weighted by molar-refractivity contribution is 6.20. The molecule has 1 aromatic rings. The standard InChI is InChI=1S/C10H13ClN2O3/c1-14-4-7-10(11)16-9-6(13)3-2-5(12)8(9)15-7/h2-3,7,10H,4,12-13H2,1H3. The van der Waals surface area contributed by atoms with Crippen molar-refractivity contribution >= 4 is 23.0 Å². The summed E-state index contributed by atoms with van der Waals surface area (Å²) in [6.45, 7) is 0.321. The summed E-state index contributed by atoms with van der Waals surface area (Å²) in [6.07, 6.45) is -0.400. The van der Waals surface area contributed by atoms with E-state index in [0.717, 1.165) is 0 Å². The Kier molecular flexibility index (Phi) is 2.98. The van der Waals surface area contributed by atoms with Crippen LogP contribution >= 0.6 is 11.6 Å². The van der Waals surface area contributed by atoms with Crippen LogP contribution in [0, 0.1) is 0 Å². The fourth-order valence-corrected chi connectivity index (χ4v) is 1.72. The first kappa shape index (κ1) is 11.2. The normalized spacial score (nSPS) is 23.1. The number of hydrogen-bond acceptors (Lipinski definition) is 5. The van der Waals surface area contributed by atoms with Gasteiger partial charge < -0.3 is 25.7 Å². The molecule has 0 aromatic heterocycles. The van der Waals surface area contributed by atoms with Gasteiger partial charge in [0.2, 0.25) is 5.56 Å². The quantitative estimate of drug-likeness (QED) is 0.604. The maximum atomic E-state index is 5.99. The molecule has 2 atom stereocenters. The Morgan fingerprint density at radius 1 is 1.25 bits per heavy atom. The number of nitrogen functional groups attached to an aromatic ring is 2. The molecule has 16 heavy (non-hydrogen) atoms. The molecule has 0 saturated heterocycles. The van der Waals surface area contributed by atoms with Crippen LogP contribution in [0.4, 0.5) is 11.4 Å². The van der Waals surface area contributed by atoms with Crippen molar-refractivity contribution in [1.82, 2.24) is 0 Å². The number of nitrogens with two attached hydrogens (primary N) is 2. The first-order valence-corrected chi connectivity index (χ1v) is 5.21. The number of fused-ring (bicyclic) bond motifs is 1. The second-order valence-electron chi connectivity index (χ2n) is 3.48. The Morgan fingerprint density at radius 2 is 1.81 bits per heavy atom. The fraction of sp³-hybridized carbons (Fsp3) is 0.400. The Labute approximate surface area is 98.2 Å². The first-order valence-electron chi connectivity index (χ1n) is 4.77. The van der Waals surface area contributed by atoms with E-state index in [4.69, 9.17) is 37.3 Å². The number of rotatable bonds is 2. The van der Waals surface area contributed by atoms with E-state index in [1.165, 1.54) is 0 Å². The molecule has 0 bridgehead atoms. The van der Waals surface area contributed by atoms with E-state index in [2.05, 4.69) is 0 Å². The monoisotopic (exact) mass is 244 g/mol. The predicted octanol–water partition coefficient (Wildman–Crippen LogP) is 1.20. The summed E-state index contributed by atoms with van der Waals surface area (Å²) < 4.78 is 16.0. The van der Waals surface area contributed by atoms with Crippen LogP contribution in [0.5, 0.6) is 11.5 Å². The van der Waals surface area contributed by atoms with Gasteiger partial charge in [0.1, 0.15) is 0 Å². The molecule has 0 fully saturated rings. The third-order valence-corrected chi connectivity index (χ3v) is 2.67. The molecule has 6 heteroatoms. The summed E-state index contributed by atoms with van der Waals surface area (Å²) in [5.74, 6) is 0.825. The molecule has 1 heterocycles. The molecule has 0 amide bonds. The predicted molar refractivity (Wildman–Crippen MR) is 61.8 cm³/mol. The third kappa shape index (κ3) is 1.83. The van der Waals surface area contributed by atoms with Gasteiger partial charge in [-0.1, -0.05) is 11.6 Å². The smallest absolute Gasteiger partial charge is 0.211 e. The van der Waals surface area contributed by atoms with Crippen molar-refractivity contribution in [2.24, 2.45) is 0 Å². The van der Waals surface area contributed by atoms with Crippen molar-refractivity contribution in [3.8, 4) is 11.5 Å². The lowest BCUT2D eigenvalue weighted by molar-refractivity contribution is 0.0115. The number of benzene rings is 1. The average molecular weight is 245 g/mol. The summed E-state index contributed by atoms with van der Waals surface area (Å²) in [4.78, 5) is 0. The molecule has 2 unspecified atom stereocenters. The van der Waals surface area contributed by atoms with Gasteiger partial charge in [0.25, 0.3) is 0 Å². The van der Waals surface area contributed by atoms with Crippen molar-refractivity contribution in [3.05, 3.63) is 12.1 Å². The SMILES string of the molecule is COCC1Oc2c(N)ccc(N)c2OC1Cl. The molecule has 88 valence electrons. The van der Waals surface area contributed by atoms with Crippen LogP contribution in [-0.2, 0) is 4.74 Å². The van der Waals surface area contributed by atoms with Crippen LogP contribution in [0.1, 0.15) is 0 Å². The molecule has 0 spiro atoms. The number of anilines is 2. The van der Waals surface area contributed by atoms with Crippen LogP contribution in [0.25, 0.3) is 0 Å². The van der Waals surface area contributed by atoms with Gasteiger partial charge in [-0.3, -0.25) is 0 Å². The Hall–Kier alpha value is -1.33. The van der Waals surface area contributed by atoms with Gasteiger partial charge in [-0.25, -0.2) is 0 Å². The highest BCUT2D eigenvalue weighted by atomic mass is 35.5. The molecule has 0 radical (unpaired) electrons. The van der Waals surface area contributed by atoms with Gasteiger partial charge in [-0.15, -0.1) is 0 Å². The number of methoxy groups -OCH3 is 1. The van der Waals surface area contributed by atoms with Crippen LogP contribution < -0.4 is 20.9 Å². The number of halogens is 1. The molecular formula is C10H13ClN2O3. The summed E-state index contributed by atoms with van der Waals surface area (Å²) >= 11 is 5.99. The average Bonchev–Trinajstić information content (AvgIpc) is 2.26.